The van der Waals surface area contributed by atoms with E-state index in [4.69, 9.17) is 0 Å². The van der Waals surface area contributed by atoms with Crippen LogP contribution in [0, 0.1) is 5.92 Å². The van der Waals surface area contributed by atoms with Crippen LogP contribution in [0.25, 0.3) is 0 Å². The fourth-order valence-corrected chi connectivity index (χ4v) is 3.11. The number of carboxylic acids is 1. The minimum atomic E-state index is -0.917. The lowest BCUT2D eigenvalue weighted by atomic mass is 10.0. The quantitative estimate of drug-likeness (QED) is 0.692. The average molecular weight is 278 g/mol. The third-order valence-corrected chi connectivity index (χ3v) is 4.26. The summed E-state index contributed by atoms with van der Waals surface area (Å²) >= 11 is 0. The topological polar surface area (TPSA) is 98.3 Å². The van der Waals surface area contributed by atoms with Gasteiger partial charge in [0, 0.05) is 19.5 Å². The van der Waals surface area contributed by atoms with Crippen LogP contribution in [0.4, 0.5) is 0 Å². The van der Waals surface area contributed by atoms with Crippen LogP contribution in [0.2, 0.25) is 0 Å². The fourth-order valence-electron chi connectivity index (χ4n) is 3.11. The van der Waals surface area contributed by atoms with Crippen molar-refractivity contribution in [3.63, 3.8) is 0 Å². The van der Waals surface area contributed by atoms with Crippen molar-refractivity contribution < 1.29 is 14.7 Å². The molecule has 2 aliphatic heterocycles. The molecule has 3 unspecified atom stereocenters. The van der Waals surface area contributed by atoms with Gasteiger partial charge in [-0.3, -0.25) is 10.1 Å². The third kappa shape index (κ3) is 2.07. The summed E-state index contributed by atoms with van der Waals surface area (Å²) in [7, 11) is 0. The Bertz CT molecular complexity index is 541. The number of aromatic nitrogens is 2. The molecule has 0 aliphatic carbocycles. The molecule has 0 radical (unpaired) electrons. The zero-order valence-electron chi connectivity index (χ0n) is 11.3. The minimum Gasteiger partial charge on any atom is -0.480 e. The Morgan fingerprint density at radius 2 is 2.30 bits per heavy atom. The highest BCUT2D eigenvalue weighted by Gasteiger charge is 2.42. The highest BCUT2D eigenvalue weighted by molar-refractivity contribution is 5.88. The van der Waals surface area contributed by atoms with Gasteiger partial charge in [0.1, 0.15) is 6.04 Å². The number of aliphatic carboxylic acids is 1. The molecule has 20 heavy (non-hydrogen) atoms. The molecule has 7 heteroatoms. The first-order valence-electron chi connectivity index (χ1n) is 6.85. The van der Waals surface area contributed by atoms with Crippen molar-refractivity contribution in [3.05, 3.63) is 17.7 Å². The second-order valence-corrected chi connectivity index (χ2v) is 5.55. The molecule has 108 valence electrons. The summed E-state index contributed by atoms with van der Waals surface area (Å²) in [6.07, 6.45) is 2.87. The molecule has 2 aliphatic rings. The van der Waals surface area contributed by atoms with Gasteiger partial charge in [-0.1, -0.05) is 6.92 Å². The lowest BCUT2D eigenvalue weighted by Gasteiger charge is -2.30. The summed E-state index contributed by atoms with van der Waals surface area (Å²) in [6.45, 7) is 2.96. The molecular weight excluding hydrogens is 260 g/mol. The van der Waals surface area contributed by atoms with E-state index in [1.807, 2.05) is 6.92 Å². The average Bonchev–Trinajstić information content (AvgIpc) is 3.02. The fraction of sp³-hybridized carbons (Fsp3) is 0.615. The Morgan fingerprint density at radius 3 is 3.05 bits per heavy atom. The molecule has 1 amide bonds. The highest BCUT2D eigenvalue weighted by atomic mass is 16.4. The first-order valence-corrected chi connectivity index (χ1v) is 6.85. The van der Waals surface area contributed by atoms with Crippen LogP contribution in [-0.4, -0.2) is 50.5 Å². The third-order valence-electron chi connectivity index (χ3n) is 4.26. The van der Waals surface area contributed by atoms with Crippen molar-refractivity contribution in [3.8, 4) is 0 Å². The van der Waals surface area contributed by atoms with E-state index in [0.717, 1.165) is 17.8 Å². The Labute approximate surface area is 116 Å². The molecule has 0 spiro atoms. The number of rotatable bonds is 2. The molecule has 1 fully saturated rings. The number of nitrogens with zero attached hydrogens (tertiary/aromatic N) is 2. The molecule has 3 rings (SSSR count). The zero-order chi connectivity index (χ0) is 14.3. The van der Waals surface area contributed by atoms with E-state index in [2.05, 4.69) is 15.3 Å². The van der Waals surface area contributed by atoms with Crippen molar-refractivity contribution in [2.24, 2.45) is 5.92 Å². The number of imidazole rings is 1. The number of fused-ring (bicyclic) bond motifs is 1. The molecule has 1 aromatic rings. The van der Waals surface area contributed by atoms with E-state index in [0.29, 0.717) is 19.5 Å². The molecule has 1 saturated heterocycles. The maximum atomic E-state index is 12.6. The van der Waals surface area contributed by atoms with Gasteiger partial charge < -0.3 is 15.0 Å². The molecular formula is C13H18N4O3. The van der Waals surface area contributed by atoms with Crippen LogP contribution in [0.5, 0.6) is 0 Å². The Hall–Kier alpha value is -1.89. The van der Waals surface area contributed by atoms with E-state index in [-0.39, 0.29) is 17.9 Å². The highest BCUT2D eigenvalue weighted by Crippen LogP contribution is 2.26. The maximum Gasteiger partial charge on any atom is 0.326 e. The number of nitrogens with one attached hydrogen (secondary N) is 2. The molecule has 0 saturated carbocycles. The minimum absolute atomic E-state index is 0.000912. The standard InChI is InChI=1S/C13H18N4O3/c1-7-2-3-17(11(7)13(19)20)12(18)9-4-8-10(5-14-9)16-6-15-8/h6-7,9,11,14H,2-5H2,1H3,(H,15,16)(H,19,20). The van der Waals surface area contributed by atoms with Crippen molar-refractivity contribution in [2.45, 2.75) is 38.4 Å². The van der Waals surface area contributed by atoms with Crippen molar-refractivity contribution in [1.82, 2.24) is 20.2 Å². The summed E-state index contributed by atoms with van der Waals surface area (Å²) in [4.78, 5) is 32.6. The molecule has 1 aromatic heterocycles. The molecule has 3 atom stereocenters. The number of H-pyrrole nitrogens is 1. The van der Waals surface area contributed by atoms with Gasteiger partial charge >= 0.3 is 5.97 Å². The number of hydrogen-bond acceptors (Lipinski definition) is 4. The Balaban J connectivity index is 1.75. The van der Waals surface area contributed by atoms with Crippen molar-refractivity contribution in [2.75, 3.05) is 6.54 Å². The van der Waals surface area contributed by atoms with Gasteiger partial charge in [-0.25, -0.2) is 9.78 Å². The second kappa shape index (κ2) is 4.90. The molecule has 0 bridgehead atoms. The summed E-state index contributed by atoms with van der Waals surface area (Å²) in [5.41, 5.74) is 1.89. The van der Waals surface area contributed by atoms with Gasteiger partial charge in [-0.05, 0) is 12.3 Å². The predicted molar refractivity (Wildman–Crippen MR) is 69.8 cm³/mol. The van der Waals surface area contributed by atoms with E-state index in [9.17, 15) is 14.7 Å². The van der Waals surface area contributed by atoms with E-state index in [1.54, 1.807) is 6.33 Å². The normalized spacial score (nSPS) is 29.2. The number of carbonyl (C=O) groups excluding carboxylic acids is 1. The van der Waals surface area contributed by atoms with Gasteiger partial charge in [-0.2, -0.15) is 0 Å². The van der Waals surface area contributed by atoms with Crippen LogP contribution in [0.3, 0.4) is 0 Å². The number of likely N-dealkylation sites (tertiary alicyclic amines) is 1. The van der Waals surface area contributed by atoms with Gasteiger partial charge in [-0.15, -0.1) is 0 Å². The van der Waals surface area contributed by atoms with Crippen LogP contribution < -0.4 is 5.32 Å². The van der Waals surface area contributed by atoms with Crippen molar-refractivity contribution in [1.29, 1.82) is 0 Å². The van der Waals surface area contributed by atoms with Gasteiger partial charge in [0.05, 0.1) is 23.8 Å². The molecule has 3 N–H and O–H groups in total. The lowest BCUT2D eigenvalue weighted by Crippen LogP contribution is -2.53. The van der Waals surface area contributed by atoms with Crippen LogP contribution in [-0.2, 0) is 22.6 Å². The van der Waals surface area contributed by atoms with Crippen LogP contribution in [0.15, 0.2) is 6.33 Å². The molecule has 3 heterocycles. The molecule has 0 aromatic carbocycles. The summed E-state index contributed by atoms with van der Waals surface area (Å²) in [5, 5.41) is 12.5. The van der Waals surface area contributed by atoms with E-state index in [1.165, 1.54) is 4.90 Å². The van der Waals surface area contributed by atoms with E-state index < -0.39 is 12.0 Å². The number of aromatic amines is 1. The summed E-state index contributed by atoms with van der Waals surface area (Å²) in [5.74, 6) is -1.05. The number of amides is 1. The first-order chi connectivity index (χ1) is 9.58. The van der Waals surface area contributed by atoms with Gasteiger partial charge in [0.2, 0.25) is 5.91 Å². The predicted octanol–water partition coefficient (Wildman–Crippen LogP) is -0.254. The number of hydrogen-bond donors (Lipinski definition) is 3. The monoisotopic (exact) mass is 278 g/mol. The maximum absolute atomic E-state index is 12.6. The van der Waals surface area contributed by atoms with Gasteiger partial charge in [0.15, 0.2) is 0 Å². The lowest BCUT2D eigenvalue weighted by molar-refractivity contribution is -0.150. The Morgan fingerprint density at radius 1 is 1.50 bits per heavy atom. The first kappa shape index (κ1) is 13.1. The van der Waals surface area contributed by atoms with Crippen LogP contribution >= 0.6 is 0 Å². The number of carboxylic acid groups (broad SMARTS) is 1. The molecule has 7 nitrogen and oxygen atoms in total. The smallest absolute Gasteiger partial charge is 0.326 e. The van der Waals surface area contributed by atoms with Crippen molar-refractivity contribution >= 4 is 11.9 Å². The SMILES string of the molecule is CC1CCN(C(=O)C2Cc3nc[nH]c3CN2)C1C(=O)O. The Kier molecular flexibility index (Phi) is 3.21. The van der Waals surface area contributed by atoms with Crippen LogP contribution in [0.1, 0.15) is 24.7 Å². The summed E-state index contributed by atoms with van der Waals surface area (Å²) in [6, 6.07) is -1.08. The largest absolute Gasteiger partial charge is 0.480 e. The zero-order valence-corrected chi connectivity index (χ0v) is 11.3. The van der Waals surface area contributed by atoms with Gasteiger partial charge in [0.25, 0.3) is 0 Å². The summed E-state index contributed by atoms with van der Waals surface area (Å²) < 4.78 is 0. The van der Waals surface area contributed by atoms with E-state index >= 15 is 0 Å². The second-order valence-electron chi connectivity index (χ2n) is 5.55. The number of carbonyl (C=O) groups is 2.